The number of hydrogen-bond donors (Lipinski definition) is 1. The number of ketones is 1. The Morgan fingerprint density at radius 1 is 1.11 bits per heavy atom. The van der Waals surface area contributed by atoms with Gasteiger partial charge in [0.2, 0.25) is 0 Å². The lowest BCUT2D eigenvalue weighted by Gasteiger charge is -2.24. The molecule has 8 nitrogen and oxygen atoms in total. The molecule has 0 saturated carbocycles. The topological polar surface area (TPSA) is 92.5 Å². The molecule has 0 amide bonds. The van der Waals surface area contributed by atoms with Gasteiger partial charge in [-0.1, -0.05) is 53.5 Å². The predicted octanol–water partition coefficient (Wildman–Crippen LogP) is 5.68. The van der Waals surface area contributed by atoms with E-state index in [1.165, 1.54) is 17.8 Å². The van der Waals surface area contributed by atoms with Gasteiger partial charge in [-0.15, -0.1) is 0 Å². The van der Waals surface area contributed by atoms with Crippen LogP contribution in [0, 0.1) is 0 Å². The number of benzene rings is 2. The fraction of sp³-hybridized carbons (Fsp3) is 0.192. The zero-order valence-electron chi connectivity index (χ0n) is 20.2. The Balaban J connectivity index is 1.93. The van der Waals surface area contributed by atoms with Crippen LogP contribution in [0.25, 0.3) is 16.5 Å². The first-order valence-corrected chi connectivity index (χ1v) is 11.9. The zero-order valence-corrected chi connectivity index (χ0v) is 21.7. The SMILES string of the molecule is CC(=O)c1c(/N=C/N(C)C)ncnc1N[C@@H](C)c1c(Cl)c2cccc(Cl)c2c(=O)n1-c1ccccc1. The van der Waals surface area contributed by atoms with Crippen LogP contribution in [0.4, 0.5) is 11.6 Å². The van der Waals surface area contributed by atoms with Crippen LogP contribution < -0.4 is 10.9 Å². The Hall–Kier alpha value is -3.75. The highest BCUT2D eigenvalue weighted by Gasteiger charge is 2.25. The first-order valence-electron chi connectivity index (χ1n) is 11.1. The molecule has 0 saturated heterocycles. The summed E-state index contributed by atoms with van der Waals surface area (Å²) in [5.74, 6) is 0.260. The number of fused-ring (bicyclic) bond motifs is 1. The molecule has 184 valence electrons. The molecule has 2 aromatic carbocycles. The highest BCUT2D eigenvalue weighted by molar-refractivity contribution is 6.40. The minimum absolute atomic E-state index is 0.232. The Labute approximate surface area is 218 Å². The third-order valence-corrected chi connectivity index (χ3v) is 6.21. The summed E-state index contributed by atoms with van der Waals surface area (Å²) < 4.78 is 1.54. The molecule has 2 heterocycles. The molecule has 36 heavy (non-hydrogen) atoms. The first-order chi connectivity index (χ1) is 17.2. The number of halogens is 2. The highest BCUT2D eigenvalue weighted by Crippen LogP contribution is 2.35. The van der Waals surface area contributed by atoms with Crippen molar-refractivity contribution < 1.29 is 4.79 Å². The second-order valence-corrected chi connectivity index (χ2v) is 9.17. The van der Waals surface area contributed by atoms with Crippen molar-refractivity contribution in [2.75, 3.05) is 19.4 Å². The minimum Gasteiger partial charge on any atom is -0.369 e. The number of aromatic nitrogens is 3. The van der Waals surface area contributed by atoms with Crippen LogP contribution in [0.1, 0.15) is 35.9 Å². The van der Waals surface area contributed by atoms with Crippen LogP contribution in [-0.2, 0) is 0 Å². The fourth-order valence-electron chi connectivity index (χ4n) is 3.95. The molecule has 0 aliphatic rings. The van der Waals surface area contributed by atoms with Crippen LogP contribution in [0.3, 0.4) is 0 Å². The summed E-state index contributed by atoms with van der Waals surface area (Å²) in [5, 5.41) is 4.80. The quantitative estimate of drug-likeness (QED) is 0.190. The standard InChI is InChI=1S/C26H24Cl2N6O2/c1-15(32-25-20(16(2)35)24(29-13-30-25)31-14-33(3)4)23-22(28)18-11-8-12-19(27)21(18)26(36)34(23)17-9-6-5-7-10-17/h5-15H,1-4H3,(H,29,30,32)/b31-14+/t15-/m0/s1. The molecule has 0 aliphatic heterocycles. The zero-order chi connectivity index (χ0) is 26.0. The summed E-state index contributed by atoms with van der Waals surface area (Å²) >= 11 is 13.4. The van der Waals surface area contributed by atoms with E-state index in [2.05, 4.69) is 20.3 Å². The first kappa shape index (κ1) is 25.3. The maximum atomic E-state index is 13.7. The second kappa shape index (κ2) is 10.5. The van der Waals surface area contributed by atoms with Gasteiger partial charge in [0.25, 0.3) is 5.56 Å². The van der Waals surface area contributed by atoms with Crippen LogP contribution in [0.2, 0.25) is 10.0 Å². The average molecular weight is 523 g/mol. The summed E-state index contributed by atoms with van der Waals surface area (Å²) in [6.07, 6.45) is 2.88. The van der Waals surface area contributed by atoms with Gasteiger partial charge in [0.05, 0.1) is 33.5 Å². The van der Waals surface area contributed by atoms with Crippen molar-refractivity contribution in [3.05, 3.63) is 86.5 Å². The predicted molar refractivity (Wildman–Crippen MR) is 145 cm³/mol. The molecule has 0 bridgehead atoms. The highest BCUT2D eigenvalue weighted by atomic mass is 35.5. The number of nitrogens with zero attached hydrogens (tertiary/aromatic N) is 5. The molecule has 0 aliphatic carbocycles. The smallest absolute Gasteiger partial charge is 0.264 e. The number of Topliss-reactive ketones (excluding diaryl/α,β-unsaturated/α-hetero) is 1. The van der Waals surface area contributed by atoms with Crippen LogP contribution in [0.15, 0.2) is 64.6 Å². The fourth-order valence-corrected chi connectivity index (χ4v) is 4.61. The van der Waals surface area contributed by atoms with Crippen molar-refractivity contribution in [2.24, 2.45) is 4.99 Å². The Morgan fingerprint density at radius 3 is 2.50 bits per heavy atom. The van der Waals surface area contributed by atoms with E-state index in [1.807, 2.05) is 51.4 Å². The van der Waals surface area contributed by atoms with Crippen molar-refractivity contribution in [2.45, 2.75) is 19.9 Å². The van der Waals surface area contributed by atoms with Crippen LogP contribution in [0.5, 0.6) is 0 Å². The number of hydrogen-bond acceptors (Lipinski definition) is 6. The van der Waals surface area contributed by atoms with Crippen LogP contribution >= 0.6 is 23.2 Å². The van der Waals surface area contributed by atoms with E-state index in [1.54, 1.807) is 29.4 Å². The van der Waals surface area contributed by atoms with Gasteiger partial charge in [-0.2, -0.15) is 0 Å². The number of para-hydroxylation sites is 1. The molecular weight excluding hydrogens is 499 g/mol. The molecule has 0 radical (unpaired) electrons. The van der Waals surface area contributed by atoms with E-state index >= 15 is 0 Å². The molecule has 1 N–H and O–H groups in total. The van der Waals surface area contributed by atoms with Crippen molar-refractivity contribution in [3.8, 4) is 5.69 Å². The summed E-state index contributed by atoms with van der Waals surface area (Å²) in [7, 11) is 3.63. The number of aliphatic imine (C=N–C) groups is 1. The molecule has 4 aromatic rings. The Kier molecular flexibility index (Phi) is 7.37. The normalized spacial score (nSPS) is 12.2. The third-order valence-electron chi connectivity index (χ3n) is 5.50. The lowest BCUT2D eigenvalue weighted by atomic mass is 10.1. The number of nitrogens with one attached hydrogen (secondary N) is 1. The van der Waals surface area contributed by atoms with Gasteiger partial charge >= 0.3 is 0 Å². The van der Waals surface area contributed by atoms with Gasteiger partial charge in [-0.25, -0.2) is 15.0 Å². The molecule has 1 atom stereocenters. The third kappa shape index (κ3) is 4.82. The molecule has 0 fully saturated rings. The lowest BCUT2D eigenvalue weighted by Crippen LogP contribution is -2.27. The Morgan fingerprint density at radius 2 is 1.83 bits per heavy atom. The average Bonchev–Trinajstić information content (AvgIpc) is 2.84. The summed E-state index contributed by atoms with van der Waals surface area (Å²) in [5.41, 5.74) is 1.05. The van der Waals surface area contributed by atoms with Gasteiger partial charge in [0.15, 0.2) is 11.6 Å². The van der Waals surface area contributed by atoms with Crippen molar-refractivity contribution in [1.82, 2.24) is 19.4 Å². The largest absolute Gasteiger partial charge is 0.369 e. The number of rotatable bonds is 7. The monoisotopic (exact) mass is 522 g/mol. The maximum Gasteiger partial charge on any atom is 0.264 e. The van der Waals surface area contributed by atoms with Gasteiger partial charge < -0.3 is 10.2 Å². The van der Waals surface area contributed by atoms with Crippen molar-refractivity contribution in [1.29, 1.82) is 0 Å². The van der Waals surface area contributed by atoms with E-state index in [4.69, 9.17) is 23.2 Å². The van der Waals surface area contributed by atoms with E-state index in [0.29, 0.717) is 32.2 Å². The number of pyridine rings is 1. The van der Waals surface area contributed by atoms with E-state index in [-0.39, 0.29) is 28.5 Å². The lowest BCUT2D eigenvalue weighted by molar-refractivity contribution is 0.101. The summed E-state index contributed by atoms with van der Waals surface area (Å²) in [6, 6.07) is 13.8. The van der Waals surface area contributed by atoms with E-state index in [0.717, 1.165) is 0 Å². The molecule has 0 spiro atoms. The molecular formula is C26H24Cl2N6O2. The number of carbonyl (C=O) groups is 1. The molecule has 0 unspecified atom stereocenters. The van der Waals surface area contributed by atoms with E-state index in [9.17, 15) is 9.59 Å². The molecule has 10 heteroatoms. The van der Waals surface area contributed by atoms with Crippen molar-refractivity contribution >= 4 is 57.7 Å². The van der Waals surface area contributed by atoms with Gasteiger partial charge in [0, 0.05) is 25.2 Å². The second-order valence-electron chi connectivity index (χ2n) is 8.39. The van der Waals surface area contributed by atoms with Gasteiger partial charge in [-0.05, 0) is 32.0 Å². The van der Waals surface area contributed by atoms with Crippen LogP contribution in [-0.4, -0.2) is 45.7 Å². The van der Waals surface area contributed by atoms with Gasteiger partial charge in [-0.3, -0.25) is 14.2 Å². The maximum absolute atomic E-state index is 13.7. The van der Waals surface area contributed by atoms with Crippen molar-refractivity contribution in [3.63, 3.8) is 0 Å². The summed E-state index contributed by atoms with van der Waals surface area (Å²) in [6.45, 7) is 3.26. The molecule has 4 rings (SSSR count). The summed E-state index contributed by atoms with van der Waals surface area (Å²) in [4.78, 5) is 40.8. The Bertz CT molecular complexity index is 1530. The minimum atomic E-state index is -0.549. The molecule has 2 aromatic heterocycles. The van der Waals surface area contributed by atoms with E-state index < -0.39 is 6.04 Å². The number of anilines is 1. The van der Waals surface area contributed by atoms with Gasteiger partial charge in [0.1, 0.15) is 17.7 Å². The number of carbonyl (C=O) groups excluding carboxylic acids is 1.